The molecule has 4 nitrogen and oxygen atoms in total. The van der Waals surface area contributed by atoms with Gasteiger partial charge in [0.15, 0.2) is 0 Å². The molecule has 0 spiro atoms. The third kappa shape index (κ3) is 5.20. The van der Waals surface area contributed by atoms with Crippen LogP contribution in [0.25, 0.3) is 0 Å². The number of rotatable bonds is 6. The first-order valence-electron chi connectivity index (χ1n) is 9.91. The minimum absolute atomic E-state index is 0.0978. The Morgan fingerprint density at radius 1 is 1.07 bits per heavy atom. The maximum Gasteiger partial charge on any atom is 0.0777 e. The molecular weight excluding hydrogens is 405 g/mol. The number of likely N-dealkylation sites (tertiary alicyclic amines) is 1. The molecule has 3 aromatic rings. The Kier molecular flexibility index (Phi) is 6.56. The molecule has 1 saturated heterocycles. The smallest absolute Gasteiger partial charge is 0.0777 e. The second kappa shape index (κ2) is 9.31. The van der Waals surface area contributed by atoms with E-state index in [1.165, 1.54) is 11.1 Å². The molecule has 152 valence electrons. The SMILES string of the molecule is Cn1cc(CN2CCC[C@H](OCc3cc(Cl)cc(Cl)c3)[C@@H]2c2ccccc2)cn1. The maximum absolute atomic E-state index is 6.44. The topological polar surface area (TPSA) is 30.3 Å². The van der Waals surface area contributed by atoms with Gasteiger partial charge in [-0.3, -0.25) is 9.58 Å². The first-order valence-corrected chi connectivity index (χ1v) is 10.7. The number of benzene rings is 2. The van der Waals surface area contributed by atoms with Gasteiger partial charge in [0.25, 0.3) is 0 Å². The Morgan fingerprint density at radius 3 is 2.52 bits per heavy atom. The molecule has 2 heterocycles. The maximum atomic E-state index is 6.44. The van der Waals surface area contributed by atoms with Gasteiger partial charge >= 0.3 is 0 Å². The molecule has 1 aromatic heterocycles. The summed E-state index contributed by atoms with van der Waals surface area (Å²) in [5, 5.41) is 5.60. The standard InChI is InChI=1S/C23H25Cl2N3O/c1-27-14-18(13-26-27)15-28-9-5-8-22(23(28)19-6-3-2-4-7-19)29-16-17-10-20(24)12-21(25)11-17/h2-4,6-7,10-14,22-23H,5,8-9,15-16H2,1H3/t22-,23-/m0/s1. The van der Waals surface area contributed by atoms with Crippen molar-refractivity contribution >= 4 is 23.2 Å². The molecule has 0 N–H and O–H groups in total. The Bertz CT molecular complexity index is 924. The predicted octanol–water partition coefficient (Wildman–Crippen LogP) is 5.65. The molecule has 6 heteroatoms. The molecule has 2 atom stereocenters. The molecule has 1 fully saturated rings. The van der Waals surface area contributed by atoms with Crippen LogP contribution in [0.15, 0.2) is 60.9 Å². The van der Waals surface area contributed by atoms with Crippen molar-refractivity contribution in [2.75, 3.05) is 6.54 Å². The molecule has 0 aliphatic carbocycles. The van der Waals surface area contributed by atoms with Gasteiger partial charge in [-0.05, 0) is 48.7 Å². The number of aromatic nitrogens is 2. The van der Waals surface area contributed by atoms with Crippen molar-refractivity contribution in [1.29, 1.82) is 0 Å². The summed E-state index contributed by atoms with van der Waals surface area (Å²) in [6.07, 6.45) is 6.25. The fraction of sp³-hybridized carbons (Fsp3) is 0.348. The lowest BCUT2D eigenvalue weighted by Crippen LogP contribution is -2.42. The van der Waals surface area contributed by atoms with Crippen molar-refractivity contribution in [1.82, 2.24) is 14.7 Å². The summed E-state index contributed by atoms with van der Waals surface area (Å²) in [6, 6.07) is 16.4. The van der Waals surface area contributed by atoms with Crippen molar-refractivity contribution in [2.45, 2.75) is 38.1 Å². The van der Waals surface area contributed by atoms with Gasteiger partial charge in [0.1, 0.15) is 0 Å². The number of halogens is 2. The summed E-state index contributed by atoms with van der Waals surface area (Å²) in [7, 11) is 1.95. The van der Waals surface area contributed by atoms with Gasteiger partial charge in [-0.1, -0.05) is 53.5 Å². The van der Waals surface area contributed by atoms with Crippen LogP contribution < -0.4 is 0 Å². The molecule has 4 rings (SSSR count). The zero-order valence-electron chi connectivity index (χ0n) is 16.5. The first-order chi connectivity index (χ1) is 14.1. The van der Waals surface area contributed by atoms with Crippen LogP contribution in [-0.4, -0.2) is 27.3 Å². The summed E-state index contributed by atoms with van der Waals surface area (Å²) in [5.41, 5.74) is 3.50. The van der Waals surface area contributed by atoms with Crippen LogP contribution in [0.5, 0.6) is 0 Å². The van der Waals surface area contributed by atoms with Crippen molar-refractivity contribution < 1.29 is 4.74 Å². The van der Waals surface area contributed by atoms with E-state index in [-0.39, 0.29) is 12.1 Å². The van der Waals surface area contributed by atoms with Crippen LogP contribution >= 0.6 is 23.2 Å². The molecule has 29 heavy (non-hydrogen) atoms. The lowest BCUT2D eigenvalue weighted by molar-refractivity contribution is -0.0553. The van der Waals surface area contributed by atoms with Crippen LogP contribution in [0.3, 0.4) is 0 Å². The highest BCUT2D eigenvalue weighted by Crippen LogP contribution is 2.35. The minimum atomic E-state index is 0.0978. The van der Waals surface area contributed by atoms with E-state index in [0.29, 0.717) is 16.7 Å². The van der Waals surface area contributed by atoms with Gasteiger partial charge in [-0.25, -0.2) is 0 Å². The van der Waals surface area contributed by atoms with Gasteiger partial charge in [0.05, 0.1) is 24.9 Å². The van der Waals surface area contributed by atoms with Crippen molar-refractivity contribution in [3.8, 4) is 0 Å². The Hall–Kier alpha value is -1.85. The van der Waals surface area contributed by atoms with E-state index >= 15 is 0 Å². The second-order valence-corrected chi connectivity index (χ2v) is 8.49. The number of hydrogen-bond donors (Lipinski definition) is 0. The van der Waals surface area contributed by atoms with E-state index in [9.17, 15) is 0 Å². The molecule has 0 radical (unpaired) electrons. The number of aryl methyl sites for hydroxylation is 1. The average Bonchev–Trinajstić information content (AvgIpc) is 3.11. The minimum Gasteiger partial charge on any atom is -0.372 e. The largest absolute Gasteiger partial charge is 0.372 e. The summed E-state index contributed by atoms with van der Waals surface area (Å²) in [6.45, 7) is 2.39. The van der Waals surface area contributed by atoms with E-state index < -0.39 is 0 Å². The molecule has 2 aromatic carbocycles. The van der Waals surface area contributed by atoms with Crippen LogP contribution in [0.4, 0.5) is 0 Å². The van der Waals surface area contributed by atoms with Gasteiger partial charge in [0.2, 0.25) is 0 Å². The quantitative estimate of drug-likeness (QED) is 0.506. The number of nitrogens with zero attached hydrogens (tertiary/aromatic N) is 3. The van der Waals surface area contributed by atoms with E-state index in [0.717, 1.165) is 31.5 Å². The highest BCUT2D eigenvalue weighted by molar-refractivity contribution is 6.34. The normalized spacial score (nSPS) is 20.1. The fourth-order valence-corrected chi connectivity index (χ4v) is 4.71. The van der Waals surface area contributed by atoms with Gasteiger partial charge < -0.3 is 4.74 Å². The first kappa shape index (κ1) is 20.4. The van der Waals surface area contributed by atoms with E-state index in [4.69, 9.17) is 27.9 Å². The summed E-state index contributed by atoms with van der Waals surface area (Å²) >= 11 is 12.3. The third-order valence-electron chi connectivity index (χ3n) is 5.35. The van der Waals surface area contributed by atoms with Crippen molar-refractivity contribution in [2.24, 2.45) is 7.05 Å². The Balaban J connectivity index is 1.55. The molecule has 1 aliphatic rings. The van der Waals surface area contributed by atoms with Crippen LogP contribution in [0, 0.1) is 0 Å². The highest BCUT2D eigenvalue weighted by Gasteiger charge is 2.33. The lowest BCUT2D eigenvalue weighted by atomic mass is 9.92. The molecule has 0 unspecified atom stereocenters. The number of piperidine rings is 1. The Labute approximate surface area is 182 Å². The summed E-state index contributed by atoms with van der Waals surface area (Å²) in [5.74, 6) is 0. The van der Waals surface area contributed by atoms with E-state index in [1.807, 2.05) is 30.1 Å². The zero-order chi connectivity index (χ0) is 20.2. The number of ether oxygens (including phenoxy) is 1. The van der Waals surface area contributed by atoms with Crippen LogP contribution in [0.1, 0.15) is 35.6 Å². The summed E-state index contributed by atoms with van der Waals surface area (Å²) in [4.78, 5) is 2.51. The second-order valence-electron chi connectivity index (χ2n) is 7.62. The van der Waals surface area contributed by atoms with Crippen molar-refractivity contribution in [3.05, 3.63) is 87.7 Å². The van der Waals surface area contributed by atoms with Gasteiger partial charge in [-0.15, -0.1) is 0 Å². The molecular formula is C23H25Cl2N3O. The van der Waals surface area contributed by atoms with E-state index in [2.05, 4.69) is 46.5 Å². The van der Waals surface area contributed by atoms with E-state index in [1.54, 1.807) is 6.07 Å². The van der Waals surface area contributed by atoms with Crippen LogP contribution in [0.2, 0.25) is 10.0 Å². The molecule has 0 bridgehead atoms. The summed E-state index contributed by atoms with van der Waals surface area (Å²) < 4.78 is 8.29. The monoisotopic (exact) mass is 429 g/mol. The van der Waals surface area contributed by atoms with Gasteiger partial charge in [-0.2, -0.15) is 5.10 Å². The van der Waals surface area contributed by atoms with Crippen molar-refractivity contribution in [3.63, 3.8) is 0 Å². The molecule has 0 saturated carbocycles. The number of hydrogen-bond acceptors (Lipinski definition) is 3. The van der Waals surface area contributed by atoms with Crippen LogP contribution in [-0.2, 0) is 24.9 Å². The zero-order valence-corrected chi connectivity index (χ0v) is 18.0. The lowest BCUT2D eigenvalue weighted by Gasteiger charge is -2.41. The fourth-order valence-electron chi connectivity index (χ4n) is 4.14. The molecule has 1 aliphatic heterocycles. The molecule has 0 amide bonds. The average molecular weight is 430 g/mol. The highest BCUT2D eigenvalue weighted by atomic mass is 35.5. The Morgan fingerprint density at radius 2 is 1.83 bits per heavy atom. The predicted molar refractivity (Wildman–Crippen MR) is 117 cm³/mol. The van der Waals surface area contributed by atoms with Gasteiger partial charge in [0, 0.05) is 35.4 Å². The third-order valence-corrected chi connectivity index (χ3v) is 5.79.